The van der Waals surface area contributed by atoms with E-state index in [-0.39, 0.29) is 0 Å². The van der Waals surface area contributed by atoms with Crippen LogP contribution in [0.5, 0.6) is 5.88 Å². The van der Waals surface area contributed by atoms with Gasteiger partial charge in [-0.15, -0.1) is 0 Å². The van der Waals surface area contributed by atoms with Gasteiger partial charge in [0, 0.05) is 17.3 Å². The first kappa shape index (κ1) is 11.5. The smallest absolute Gasteiger partial charge is 0.339 e. The lowest BCUT2D eigenvalue weighted by Crippen LogP contribution is -2.14. The zero-order valence-electron chi connectivity index (χ0n) is 8.85. The summed E-state index contributed by atoms with van der Waals surface area (Å²) in [5, 5.41) is 9.52. The number of aryl methyl sites for hydroxylation is 1. The molecule has 0 radical (unpaired) electrons. The summed E-state index contributed by atoms with van der Waals surface area (Å²) < 4.78 is 9.37. The van der Waals surface area contributed by atoms with Gasteiger partial charge < -0.3 is 14.6 Å². The summed E-state index contributed by atoms with van der Waals surface area (Å²) in [7, 11) is 2.72. The zero-order valence-corrected chi connectivity index (χ0v) is 8.85. The minimum absolute atomic E-state index is 0.389. The molecule has 0 amide bonds. The molecular formula is C10H13NO4. The first-order valence-corrected chi connectivity index (χ1v) is 4.36. The van der Waals surface area contributed by atoms with Crippen molar-refractivity contribution in [3.05, 3.63) is 23.4 Å². The van der Waals surface area contributed by atoms with Crippen molar-refractivity contribution in [2.75, 3.05) is 14.2 Å². The lowest BCUT2D eigenvalue weighted by atomic mass is 10.1. The molecule has 1 atom stereocenters. The van der Waals surface area contributed by atoms with Crippen LogP contribution in [0.1, 0.15) is 17.2 Å². The SMILES string of the molecule is COC(=O)C(O)c1cnc(OC)c(C)c1. The highest BCUT2D eigenvalue weighted by Crippen LogP contribution is 2.20. The Morgan fingerprint density at radius 3 is 2.67 bits per heavy atom. The summed E-state index contributed by atoms with van der Waals surface area (Å²) in [6.45, 7) is 1.78. The maximum absolute atomic E-state index is 11.0. The number of hydrogen-bond donors (Lipinski definition) is 1. The number of nitrogens with zero attached hydrogens (tertiary/aromatic N) is 1. The van der Waals surface area contributed by atoms with Crippen LogP contribution in [-0.2, 0) is 9.53 Å². The van der Waals surface area contributed by atoms with E-state index in [9.17, 15) is 9.90 Å². The predicted molar refractivity (Wildman–Crippen MR) is 52.5 cm³/mol. The van der Waals surface area contributed by atoms with Gasteiger partial charge in [-0.05, 0) is 13.0 Å². The van der Waals surface area contributed by atoms with Gasteiger partial charge in [0.15, 0.2) is 6.10 Å². The van der Waals surface area contributed by atoms with E-state index in [1.165, 1.54) is 20.4 Å². The molecule has 0 fully saturated rings. The van der Waals surface area contributed by atoms with Crippen LogP contribution in [-0.4, -0.2) is 30.3 Å². The van der Waals surface area contributed by atoms with Gasteiger partial charge in [0.05, 0.1) is 14.2 Å². The molecule has 0 spiro atoms. The van der Waals surface area contributed by atoms with Crippen molar-refractivity contribution in [1.82, 2.24) is 4.98 Å². The number of ether oxygens (including phenoxy) is 2. The maximum atomic E-state index is 11.0. The summed E-state index contributed by atoms with van der Waals surface area (Å²) in [6.07, 6.45) is 0.0834. The first-order chi connectivity index (χ1) is 7.10. The van der Waals surface area contributed by atoms with E-state index in [0.29, 0.717) is 11.4 Å². The topological polar surface area (TPSA) is 68.7 Å². The van der Waals surface area contributed by atoms with Crippen molar-refractivity contribution < 1.29 is 19.4 Å². The van der Waals surface area contributed by atoms with Crippen LogP contribution in [0.2, 0.25) is 0 Å². The Kier molecular flexibility index (Phi) is 3.62. The minimum Gasteiger partial charge on any atom is -0.481 e. The molecule has 82 valence electrons. The van der Waals surface area contributed by atoms with E-state index in [2.05, 4.69) is 9.72 Å². The predicted octanol–water partition coefficient (Wildman–Crippen LogP) is 0.605. The summed E-state index contributed by atoms with van der Waals surface area (Å²) in [5.74, 6) is -0.239. The van der Waals surface area contributed by atoms with Gasteiger partial charge in [-0.3, -0.25) is 0 Å². The van der Waals surface area contributed by atoms with Gasteiger partial charge in [0.2, 0.25) is 5.88 Å². The molecule has 1 unspecified atom stereocenters. The van der Waals surface area contributed by atoms with Gasteiger partial charge >= 0.3 is 5.97 Å². The van der Waals surface area contributed by atoms with Gasteiger partial charge in [-0.25, -0.2) is 9.78 Å². The fourth-order valence-electron chi connectivity index (χ4n) is 1.19. The van der Waals surface area contributed by atoms with Crippen LogP contribution in [0, 0.1) is 6.92 Å². The van der Waals surface area contributed by atoms with Crippen molar-refractivity contribution in [2.45, 2.75) is 13.0 Å². The van der Waals surface area contributed by atoms with Gasteiger partial charge in [-0.1, -0.05) is 0 Å². The third-order valence-electron chi connectivity index (χ3n) is 1.98. The lowest BCUT2D eigenvalue weighted by Gasteiger charge is -2.10. The third-order valence-corrected chi connectivity index (χ3v) is 1.98. The fraction of sp³-hybridized carbons (Fsp3) is 0.400. The summed E-state index contributed by atoms with van der Waals surface area (Å²) in [6, 6.07) is 1.63. The largest absolute Gasteiger partial charge is 0.481 e. The fourth-order valence-corrected chi connectivity index (χ4v) is 1.19. The van der Waals surface area contributed by atoms with Gasteiger partial charge in [0.1, 0.15) is 0 Å². The molecule has 0 aliphatic heterocycles. The molecule has 5 heteroatoms. The molecule has 0 bridgehead atoms. The number of hydrogen-bond acceptors (Lipinski definition) is 5. The molecule has 1 aromatic rings. The standard InChI is InChI=1S/C10H13NO4/c1-6-4-7(5-11-9(6)14-2)8(12)10(13)15-3/h4-5,8,12H,1-3H3. The molecule has 1 rings (SSSR count). The van der Waals surface area contributed by atoms with Crippen LogP contribution in [0.3, 0.4) is 0 Å². The average molecular weight is 211 g/mol. The quantitative estimate of drug-likeness (QED) is 0.741. The van der Waals surface area contributed by atoms with E-state index in [0.717, 1.165) is 5.56 Å². The molecule has 0 aliphatic rings. The second-order valence-corrected chi connectivity index (χ2v) is 3.02. The number of aliphatic hydroxyl groups is 1. The van der Waals surface area contributed by atoms with E-state index in [4.69, 9.17) is 4.74 Å². The molecule has 0 aliphatic carbocycles. The molecule has 15 heavy (non-hydrogen) atoms. The molecule has 0 aromatic carbocycles. The van der Waals surface area contributed by atoms with Crippen LogP contribution >= 0.6 is 0 Å². The molecule has 0 saturated heterocycles. The Bertz CT molecular complexity index is 364. The van der Waals surface area contributed by atoms with Crippen LogP contribution in [0.4, 0.5) is 0 Å². The Balaban J connectivity index is 2.97. The number of esters is 1. The highest BCUT2D eigenvalue weighted by Gasteiger charge is 2.19. The van der Waals surface area contributed by atoms with Crippen LogP contribution in [0.15, 0.2) is 12.3 Å². The summed E-state index contributed by atoms with van der Waals surface area (Å²) in [4.78, 5) is 15.0. The minimum atomic E-state index is -1.30. The molecule has 0 saturated carbocycles. The zero-order chi connectivity index (χ0) is 11.4. The van der Waals surface area contributed by atoms with Gasteiger partial charge in [0.25, 0.3) is 0 Å². The van der Waals surface area contributed by atoms with E-state index in [1.807, 2.05) is 0 Å². The Labute approximate surface area is 87.7 Å². The van der Waals surface area contributed by atoms with Crippen molar-refractivity contribution in [3.63, 3.8) is 0 Å². The van der Waals surface area contributed by atoms with Crippen LogP contribution in [0.25, 0.3) is 0 Å². The maximum Gasteiger partial charge on any atom is 0.339 e. The molecular weight excluding hydrogens is 198 g/mol. The molecule has 1 N–H and O–H groups in total. The Morgan fingerprint density at radius 2 is 2.20 bits per heavy atom. The van der Waals surface area contributed by atoms with Crippen molar-refractivity contribution >= 4 is 5.97 Å². The highest BCUT2D eigenvalue weighted by molar-refractivity contribution is 5.76. The number of aliphatic hydroxyl groups excluding tert-OH is 1. The normalized spacial score (nSPS) is 12.0. The Hall–Kier alpha value is -1.62. The number of rotatable bonds is 3. The second kappa shape index (κ2) is 4.75. The van der Waals surface area contributed by atoms with Gasteiger partial charge in [-0.2, -0.15) is 0 Å². The highest BCUT2D eigenvalue weighted by atomic mass is 16.5. The molecule has 1 aromatic heterocycles. The average Bonchev–Trinajstić information content (AvgIpc) is 2.26. The number of aromatic nitrogens is 1. The van der Waals surface area contributed by atoms with Crippen molar-refractivity contribution in [3.8, 4) is 5.88 Å². The summed E-state index contributed by atoms with van der Waals surface area (Å²) in [5.41, 5.74) is 1.14. The van der Waals surface area contributed by atoms with E-state index >= 15 is 0 Å². The molecule has 5 nitrogen and oxygen atoms in total. The number of carbonyl (C=O) groups is 1. The summed E-state index contributed by atoms with van der Waals surface area (Å²) >= 11 is 0. The third kappa shape index (κ3) is 2.44. The number of carbonyl (C=O) groups excluding carboxylic acids is 1. The number of pyridine rings is 1. The van der Waals surface area contributed by atoms with Crippen molar-refractivity contribution in [2.24, 2.45) is 0 Å². The first-order valence-electron chi connectivity index (χ1n) is 4.36. The van der Waals surface area contributed by atoms with Crippen LogP contribution < -0.4 is 4.74 Å². The van der Waals surface area contributed by atoms with E-state index in [1.54, 1.807) is 13.0 Å². The Morgan fingerprint density at radius 1 is 1.53 bits per heavy atom. The number of methoxy groups -OCH3 is 2. The van der Waals surface area contributed by atoms with E-state index < -0.39 is 12.1 Å². The second-order valence-electron chi connectivity index (χ2n) is 3.02. The molecule has 1 heterocycles. The van der Waals surface area contributed by atoms with Crippen molar-refractivity contribution in [1.29, 1.82) is 0 Å². The monoisotopic (exact) mass is 211 g/mol. The lowest BCUT2D eigenvalue weighted by molar-refractivity contribution is -0.150.